The molecule has 1 aliphatic heterocycles. The van der Waals surface area contributed by atoms with E-state index in [1.807, 2.05) is 12.2 Å². The fraction of sp³-hybridized carbons (Fsp3) is 0.333. The molecule has 0 bridgehead atoms. The van der Waals surface area contributed by atoms with Gasteiger partial charge in [-0.3, -0.25) is 5.73 Å². The van der Waals surface area contributed by atoms with Gasteiger partial charge in [0, 0.05) is 13.3 Å². The maximum atomic E-state index is 5.59. The summed E-state index contributed by atoms with van der Waals surface area (Å²) in [5, 5.41) is 2.83. The van der Waals surface area contributed by atoms with Crippen molar-refractivity contribution in [2.24, 2.45) is 5.73 Å². The lowest BCUT2D eigenvalue weighted by Crippen LogP contribution is -2.51. The van der Waals surface area contributed by atoms with E-state index in [1.165, 1.54) is 0 Å². The Kier molecular flexibility index (Phi) is 1.55. The van der Waals surface area contributed by atoms with Crippen LogP contribution in [-0.4, -0.2) is 13.0 Å². The van der Waals surface area contributed by atoms with E-state index in [0.717, 1.165) is 0 Å². The van der Waals surface area contributed by atoms with Gasteiger partial charge in [0.25, 0.3) is 0 Å². The number of dihydropyridines is 1. The molecule has 3 heteroatoms. The van der Waals surface area contributed by atoms with Crippen molar-refractivity contribution in [3.63, 3.8) is 0 Å². The maximum Gasteiger partial charge on any atom is 0.213 e. The summed E-state index contributed by atoms with van der Waals surface area (Å²) in [6, 6.07) is 0. The summed E-state index contributed by atoms with van der Waals surface area (Å²) in [5.74, 6) is -0.797. The van der Waals surface area contributed by atoms with Gasteiger partial charge in [0.05, 0.1) is 0 Å². The van der Waals surface area contributed by atoms with Crippen LogP contribution in [0.15, 0.2) is 24.4 Å². The van der Waals surface area contributed by atoms with Crippen molar-refractivity contribution < 1.29 is 4.74 Å². The third kappa shape index (κ3) is 1.31. The SMILES string of the molecule is COC1(N)C=CC=CN1. The standard InChI is InChI=1S/C6H10N2O/c1-9-6(7)4-2-3-5-8-6/h2-5,8H,7H2,1H3. The monoisotopic (exact) mass is 126 g/mol. The summed E-state index contributed by atoms with van der Waals surface area (Å²) in [6.45, 7) is 0. The highest BCUT2D eigenvalue weighted by Crippen LogP contribution is 2.02. The third-order valence-electron chi connectivity index (χ3n) is 1.20. The Morgan fingerprint density at radius 2 is 2.33 bits per heavy atom. The summed E-state index contributed by atoms with van der Waals surface area (Å²) < 4.78 is 4.91. The average molecular weight is 126 g/mol. The Morgan fingerprint density at radius 1 is 1.56 bits per heavy atom. The van der Waals surface area contributed by atoms with Gasteiger partial charge in [-0.1, -0.05) is 6.08 Å². The van der Waals surface area contributed by atoms with Crippen LogP contribution >= 0.6 is 0 Å². The summed E-state index contributed by atoms with van der Waals surface area (Å²) in [7, 11) is 1.55. The first-order chi connectivity index (χ1) is 4.27. The quantitative estimate of drug-likeness (QED) is 0.483. The molecule has 0 radical (unpaired) electrons. The van der Waals surface area contributed by atoms with Crippen LogP contribution < -0.4 is 11.1 Å². The Hall–Kier alpha value is -0.800. The topological polar surface area (TPSA) is 47.3 Å². The van der Waals surface area contributed by atoms with E-state index in [2.05, 4.69) is 5.32 Å². The second kappa shape index (κ2) is 2.21. The smallest absolute Gasteiger partial charge is 0.213 e. The number of methoxy groups -OCH3 is 1. The molecular weight excluding hydrogens is 116 g/mol. The Labute approximate surface area is 54.2 Å². The van der Waals surface area contributed by atoms with Gasteiger partial charge in [0.15, 0.2) is 0 Å². The first-order valence-corrected chi connectivity index (χ1v) is 2.73. The van der Waals surface area contributed by atoms with E-state index in [9.17, 15) is 0 Å². The van der Waals surface area contributed by atoms with Gasteiger partial charge in [-0.15, -0.1) is 0 Å². The molecule has 0 aromatic heterocycles. The van der Waals surface area contributed by atoms with Crippen LogP contribution in [0.4, 0.5) is 0 Å². The van der Waals surface area contributed by atoms with Crippen molar-refractivity contribution in [3.05, 3.63) is 24.4 Å². The molecule has 0 aliphatic carbocycles. The molecule has 0 fully saturated rings. The lowest BCUT2D eigenvalue weighted by Gasteiger charge is -2.25. The van der Waals surface area contributed by atoms with E-state index in [1.54, 1.807) is 19.4 Å². The van der Waals surface area contributed by atoms with Crippen LogP contribution in [0.5, 0.6) is 0 Å². The zero-order chi connectivity index (χ0) is 6.74. The Balaban J connectivity index is 2.63. The lowest BCUT2D eigenvalue weighted by atomic mass is 10.3. The highest BCUT2D eigenvalue weighted by Gasteiger charge is 2.18. The van der Waals surface area contributed by atoms with Gasteiger partial charge >= 0.3 is 0 Å². The summed E-state index contributed by atoms with van der Waals surface area (Å²) >= 11 is 0. The number of nitrogens with one attached hydrogen (secondary N) is 1. The number of hydrogen-bond acceptors (Lipinski definition) is 3. The number of nitrogens with two attached hydrogens (primary N) is 1. The van der Waals surface area contributed by atoms with Crippen LogP contribution in [0.2, 0.25) is 0 Å². The average Bonchev–Trinajstić information content (AvgIpc) is 1.90. The van der Waals surface area contributed by atoms with Crippen LogP contribution in [0, 0.1) is 0 Å². The molecule has 0 amide bonds. The van der Waals surface area contributed by atoms with E-state index < -0.39 is 5.85 Å². The fourth-order valence-corrected chi connectivity index (χ4v) is 0.608. The minimum atomic E-state index is -0.797. The second-order valence-electron chi connectivity index (χ2n) is 1.86. The molecular formula is C6H10N2O. The summed E-state index contributed by atoms with van der Waals surface area (Å²) in [4.78, 5) is 0. The molecule has 0 aromatic carbocycles. The molecule has 0 saturated heterocycles. The first-order valence-electron chi connectivity index (χ1n) is 2.73. The van der Waals surface area contributed by atoms with E-state index >= 15 is 0 Å². The first kappa shape index (κ1) is 6.32. The van der Waals surface area contributed by atoms with E-state index in [0.29, 0.717) is 0 Å². The summed E-state index contributed by atoms with van der Waals surface area (Å²) in [5.41, 5.74) is 5.59. The molecule has 0 saturated carbocycles. The minimum Gasteiger partial charge on any atom is -0.348 e. The minimum absolute atomic E-state index is 0.797. The van der Waals surface area contributed by atoms with Crippen LogP contribution in [0.3, 0.4) is 0 Å². The number of hydrogen-bond donors (Lipinski definition) is 2. The molecule has 50 valence electrons. The fourth-order valence-electron chi connectivity index (χ4n) is 0.608. The van der Waals surface area contributed by atoms with Crippen LogP contribution in [0.25, 0.3) is 0 Å². The van der Waals surface area contributed by atoms with Crippen molar-refractivity contribution >= 4 is 0 Å². The molecule has 1 rings (SSSR count). The molecule has 1 atom stereocenters. The largest absolute Gasteiger partial charge is 0.348 e. The van der Waals surface area contributed by atoms with Crippen molar-refractivity contribution in [2.75, 3.05) is 7.11 Å². The molecule has 0 aromatic rings. The van der Waals surface area contributed by atoms with Crippen molar-refractivity contribution in [1.82, 2.24) is 5.32 Å². The van der Waals surface area contributed by atoms with Gasteiger partial charge in [-0.2, -0.15) is 0 Å². The molecule has 3 N–H and O–H groups in total. The molecule has 1 heterocycles. The normalized spacial score (nSPS) is 32.2. The maximum absolute atomic E-state index is 5.59. The molecule has 0 spiro atoms. The highest BCUT2D eigenvalue weighted by molar-refractivity contribution is 5.14. The molecule has 1 aliphatic rings. The lowest BCUT2D eigenvalue weighted by molar-refractivity contribution is 0.0188. The summed E-state index contributed by atoms with van der Waals surface area (Å²) in [6.07, 6.45) is 7.17. The number of ether oxygens (including phenoxy) is 1. The van der Waals surface area contributed by atoms with E-state index in [-0.39, 0.29) is 0 Å². The zero-order valence-electron chi connectivity index (χ0n) is 5.29. The molecule has 3 nitrogen and oxygen atoms in total. The van der Waals surface area contributed by atoms with E-state index in [4.69, 9.17) is 10.5 Å². The molecule has 9 heavy (non-hydrogen) atoms. The third-order valence-corrected chi connectivity index (χ3v) is 1.20. The van der Waals surface area contributed by atoms with Crippen LogP contribution in [0.1, 0.15) is 0 Å². The van der Waals surface area contributed by atoms with Gasteiger partial charge in [-0.25, -0.2) is 0 Å². The van der Waals surface area contributed by atoms with Gasteiger partial charge in [0.2, 0.25) is 5.85 Å². The van der Waals surface area contributed by atoms with Crippen molar-refractivity contribution in [2.45, 2.75) is 5.85 Å². The number of rotatable bonds is 1. The number of allylic oxidation sites excluding steroid dienone is 2. The molecule has 1 unspecified atom stereocenters. The van der Waals surface area contributed by atoms with Gasteiger partial charge < -0.3 is 10.1 Å². The van der Waals surface area contributed by atoms with Crippen LogP contribution in [-0.2, 0) is 4.74 Å². The Morgan fingerprint density at radius 3 is 2.67 bits per heavy atom. The van der Waals surface area contributed by atoms with Crippen molar-refractivity contribution in [1.29, 1.82) is 0 Å². The highest BCUT2D eigenvalue weighted by atomic mass is 16.5. The van der Waals surface area contributed by atoms with Crippen molar-refractivity contribution in [3.8, 4) is 0 Å². The second-order valence-corrected chi connectivity index (χ2v) is 1.86. The Bertz CT molecular complexity index is 153. The van der Waals surface area contributed by atoms with Gasteiger partial charge in [0.1, 0.15) is 0 Å². The predicted molar refractivity (Wildman–Crippen MR) is 35.3 cm³/mol. The van der Waals surface area contributed by atoms with Gasteiger partial charge in [-0.05, 0) is 12.2 Å². The zero-order valence-corrected chi connectivity index (χ0v) is 5.29. The predicted octanol–water partition coefficient (Wildman–Crippen LogP) is -0.0816.